The molecule has 0 fully saturated rings. The molecule has 0 aliphatic heterocycles. The average molecular weight is 252 g/mol. The molecule has 1 aromatic heterocycles. The SMILES string of the molecule is Cc1sc(Nc2ccc(F)cc2)nc1C(=O)O. The minimum atomic E-state index is -1.05. The molecule has 0 radical (unpaired) electrons. The Hall–Kier alpha value is -1.95. The van der Waals surface area contributed by atoms with Crippen molar-refractivity contribution in [1.29, 1.82) is 0 Å². The first kappa shape index (κ1) is 11.5. The van der Waals surface area contributed by atoms with Gasteiger partial charge in [0, 0.05) is 10.6 Å². The van der Waals surface area contributed by atoms with Crippen molar-refractivity contribution in [2.24, 2.45) is 0 Å². The van der Waals surface area contributed by atoms with E-state index in [1.54, 1.807) is 19.1 Å². The van der Waals surface area contributed by atoms with E-state index in [0.717, 1.165) is 0 Å². The van der Waals surface area contributed by atoms with E-state index >= 15 is 0 Å². The van der Waals surface area contributed by atoms with E-state index in [2.05, 4.69) is 10.3 Å². The highest BCUT2D eigenvalue weighted by Crippen LogP contribution is 2.25. The van der Waals surface area contributed by atoms with Crippen LogP contribution < -0.4 is 5.32 Å². The lowest BCUT2D eigenvalue weighted by Gasteiger charge is -2.00. The van der Waals surface area contributed by atoms with Gasteiger partial charge in [-0.1, -0.05) is 0 Å². The van der Waals surface area contributed by atoms with E-state index in [0.29, 0.717) is 15.7 Å². The van der Waals surface area contributed by atoms with Gasteiger partial charge < -0.3 is 10.4 Å². The summed E-state index contributed by atoms with van der Waals surface area (Å²) in [7, 11) is 0. The number of carbonyl (C=O) groups is 1. The molecule has 0 saturated heterocycles. The highest BCUT2D eigenvalue weighted by Gasteiger charge is 2.13. The Bertz CT molecular complexity index is 551. The van der Waals surface area contributed by atoms with Crippen molar-refractivity contribution in [2.75, 3.05) is 5.32 Å². The molecule has 1 heterocycles. The second-order valence-electron chi connectivity index (χ2n) is 3.36. The van der Waals surface area contributed by atoms with E-state index in [4.69, 9.17) is 5.11 Å². The third-order valence-electron chi connectivity index (χ3n) is 2.09. The van der Waals surface area contributed by atoms with Crippen LogP contribution in [0.4, 0.5) is 15.2 Å². The number of anilines is 2. The van der Waals surface area contributed by atoms with E-state index in [1.165, 1.54) is 23.5 Å². The molecule has 2 N–H and O–H groups in total. The molecular formula is C11H9FN2O2S. The van der Waals surface area contributed by atoms with Crippen molar-refractivity contribution in [1.82, 2.24) is 4.98 Å². The van der Waals surface area contributed by atoms with E-state index in [9.17, 15) is 9.18 Å². The standard InChI is InChI=1S/C11H9FN2O2S/c1-6-9(10(15)16)14-11(17-6)13-8-4-2-7(12)3-5-8/h2-5H,1H3,(H,13,14)(H,15,16). The largest absolute Gasteiger partial charge is 0.476 e. The first-order valence-electron chi connectivity index (χ1n) is 4.79. The highest BCUT2D eigenvalue weighted by molar-refractivity contribution is 7.15. The number of nitrogens with zero attached hydrogens (tertiary/aromatic N) is 1. The normalized spacial score (nSPS) is 10.2. The summed E-state index contributed by atoms with van der Waals surface area (Å²) in [5, 5.41) is 12.3. The summed E-state index contributed by atoms with van der Waals surface area (Å²) in [4.78, 5) is 15.4. The van der Waals surface area contributed by atoms with Crippen molar-refractivity contribution < 1.29 is 14.3 Å². The smallest absolute Gasteiger partial charge is 0.355 e. The molecule has 2 aromatic rings. The summed E-state index contributed by atoms with van der Waals surface area (Å²) in [6, 6.07) is 5.76. The lowest BCUT2D eigenvalue weighted by molar-refractivity contribution is 0.0690. The van der Waals surface area contributed by atoms with Crippen LogP contribution in [0.15, 0.2) is 24.3 Å². The van der Waals surface area contributed by atoms with E-state index in [1.807, 2.05) is 0 Å². The number of aromatic carboxylic acids is 1. The summed E-state index contributed by atoms with van der Waals surface area (Å²) in [6.07, 6.45) is 0. The lowest BCUT2D eigenvalue weighted by Crippen LogP contribution is -1.99. The number of aryl methyl sites for hydroxylation is 1. The molecule has 0 spiro atoms. The maximum atomic E-state index is 12.7. The van der Waals surface area contributed by atoms with Crippen molar-refractivity contribution in [3.63, 3.8) is 0 Å². The molecule has 6 heteroatoms. The van der Waals surface area contributed by atoms with Gasteiger partial charge in [0.2, 0.25) is 0 Å². The Morgan fingerprint density at radius 1 is 1.41 bits per heavy atom. The molecule has 0 bridgehead atoms. The molecule has 1 aromatic carbocycles. The fourth-order valence-electron chi connectivity index (χ4n) is 1.31. The zero-order valence-electron chi connectivity index (χ0n) is 8.90. The van der Waals surface area contributed by atoms with Gasteiger partial charge in [-0.05, 0) is 31.2 Å². The van der Waals surface area contributed by atoms with Crippen molar-refractivity contribution in [3.8, 4) is 0 Å². The van der Waals surface area contributed by atoms with Crippen LogP contribution in [-0.2, 0) is 0 Å². The molecule has 0 amide bonds. The lowest BCUT2D eigenvalue weighted by atomic mass is 10.3. The summed E-state index contributed by atoms with van der Waals surface area (Å²) in [6.45, 7) is 1.69. The highest BCUT2D eigenvalue weighted by atomic mass is 32.1. The molecule has 4 nitrogen and oxygen atoms in total. The van der Waals surface area contributed by atoms with Crippen molar-refractivity contribution in [3.05, 3.63) is 40.7 Å². The number of aromatic nitrogens is 1. The van der Waals surface area contributed by atoms with Gasteiger partial charge in [-0.3, -0.25) is 0 Å². The monoisotopic (exact) mass is 252 g/mol. The predicted molar refractivity (Wildman–Crippen MR) is 63.5 cm³/mol. The Kier molecular flexibility index (Phi) is 3.06. The Labute approximate surface area is 101 Å². The summed E-state index contributed by atoms with van der Waals surface area (Å²) in [5.41, 5.74) is 0.705. The van der Waals surface area contributed by atoms with Crippen LogP contribution in [-0.4, -0.2) is 16.1 Å². The maximum absolute atomic E-state index is 12.7. The van der Waals surface area contributed by atoms with Gasteiger partial charge in [-0.25, -0.2) is 14.2 Å². The Morgan fingerprint density at radius 2 is 2.06 bits per heavy atom. The van der Waals surface area contributed by atoms with Crippen LogP contribution in [0.25, 0.3) is 0 Å². The zero-order valence-corrected chi connectivity index (χ0v) is 9.71. The van der Waals surface area contributed by atoms with Gasteiger partial charge in [-0.15, -0.1) is 11.3 Å². The van der Waals surface area contributed by atoms with Crippen LogP contribution in [0.1, 0.15) is 15.4 Å². The molecule has 0 aliphatic carbocycles. The van der Waals surface area contributed by atoms with Gasteiger partial charge >= 0.3 is 5.97 Å². The fraction of sp³-hybridized carbons (Fsp3) is 0.0909. The Balaban J connectivity index is 2.22. The van der Waals surface area contributed by atoms with Crippen molar-refractivity contribution in [2.45, 2.75) is 6.92 Å². The maximum Gasteiger partial charge on any atom is 0.355 e. The number of thiazole rings is 1. The van der Waals surface area contributed by atoms with Crippen LogP contribution >= 0.6 is 11.3 Å². The number of rotatable bonds is 3. The van der Waals surface area contributed by atoms with Gasteiger partial charge in [-0.2, -0.15) is 0 Å². The number of hydrogen-bond donors (Lipinski definition) is 2. The minimum Gasteiger partial charge on any atom is -0.476 e. The molecular weight excluding hydrogens is 243 g/mol. The molecule has 0 aliphatic rings. The van der Waals surface area contributed by atoms with Crippen LogP contribution in [0.5, 0.6) is 0 Å². The molecule has 17 heavy (non-hydrogen) atoms. The summed E-state index contributed by atoms with van der Waals surface area (Å²) < 4.78 is 12.7. The molecule has 0 unspecified atom stereocenters. The summed E-state index contributed by atoms with van der Waals surface area (Å²) >= 11 is 1.24. The first-order chi connectivity index (χ1) is 8.06. The first-order valence-corrected chi connectivity index (χ1v) is 5.61. The van der Waals surface area contributed by atoms with Gasteiger partial charge in [0.1, 0.15) is 5.82 Å². The van der Waals surface area contributed by atoms with E-state index < -0.39 is 5.97 Å². The number of benzene rings is 1. The van der Waals surface area contributed by atoms with Gasteiger partial charge in [0.15, 0.2) is 10.8 Å². The topological polar surface area (TPSA) is 62.2 Å². The Morgan fingerprint density at radius 3 is 2.59 bits per heavy atom. The fourth-order valence-corrected chi connectivity index (χ4v) is 2.13. The number of nitrogens with one attached hydrogen (secondary N) is 1. The predicted octanol–water partition coefficient (Wildman–Crippen LogP) is 3.03. The second-order valence-corrected chi connectivity index (χ2v) is 4.56. The molecule has 88 valence electrons. The van der Waals surface area contributed by atoms with Gasteiger partial charge in [0.05, 0.1) is 0 Å². The zero-order chi connectivity index (χ0) is 12.4. The number of halogens is 1. The molecule has 0 saturated carbocycles. The van der Waals surface area contributed by atoms with Crippen LogP contribution in [0.3, 0.4) is 0 Å². The second kappa shape index (κ2) is 4.50. The average Bonchev–Trinajstić information content (AvgIpc) is 2.63. The van der Waals surface area contributed by atoms with Crippen LogP contribution in [0.2, 0.25) is 0 Å². The summed E-state index contributed by atoms with van der Waals surface area (Å²) in [5.74, 6) is -1.37. The molecule has 0 atom stereocenters. The third kappa shape index (κ3) is 2.59. The van der Waals surface area contributed by atoms with Crippen LogP contribution in [0, 0.1) is 12.7 Å². The van der Waals surface area contributed by atoms with Gasteiger partial charge in [0.25, 0.3) is 0 Å². The number of hydrogen-bond acceptors (Lipinski definition) is 4. The number of carboxylic acid groups (broad SMARTS) is 1. The minimum absolute atomic E-state index is 0.0413. The van der Waals surface area contributed by atoms with Crippen molar-refractivity contribution >= 4 is 28.1 Å². The number of carboxylic acids is 1. The third-order valence-corrected chi connectivity index (χ3v) is 2.98. The van der Waals surface area contributed by atoms with E-state index in [-0.39, 0.29) is 11.5 Å². The molecule has 2 rings (SSSR count). The quantitative estimate of drug-likeness (QED) is 0.881.